The first-order chi connectivity index (χ1) is 11.0. The molecule has 0 aliphatic heterocycles. The van der Waals surface area contributed by atoms with Gasteiger partial charge in [0.2, 0.25) is 10.0 Å². The lowest BCUT2D eigenvalue weighted by Crippen LogP contribution is -2.45. The maximum atomic E-state index is 13.7. The molecule has 0 aromatic heterocycles. The third-order valence-electron chi connectivity index (χ3n) is 3.26. The number of hydrogen-bond acceptors (Lipinski definition) is 2. The van der Waals surface area contributed by atoms with E-state index >= 15 is 0 Å². The molecule has 0 aliphatic rings. The smallest absolute Gasteiger partial charge is 0.207 e. The lowest BCUT2D eigenvalue weighted by molar-refractivity contribution is 0.424. The molecular weight excluding hydrogens is 346 g/mol. The quantitative estimate of drug-likeness (QED) is 0.654. The van der Waals surface area contributed by atoms with Crippen LogP contribution >= 0.6 is 0 Å². The Labute approximate surface area is 137 Å². The van der Waals surface area contributed by atoms with Crippen LogP contribution in [0.4, 0.5) is 17.6 Å². The third-order valence-corrected chi connectivity index (χ3v) is 4.97. The van der Waals surface area contributed by atoms with Crippen molar-refractivity contribution in [3.05, 3.63) is 65.2 Å². The summed E-state index contributed by atoms with van der Waals surface area (Å²) < 4.78 is 79.6. The normalized spacial score (nSPS) is 12.4. The molecule has 0 saturated heterocycles. The molecule has 0 heterocycles. The molecule has 2 rings (SSSR count). The molecule has 0 fully saturated rings. The molecule has 130 valence electrons. The Morgan fingerprint density at radius 2 is 1.50 bits per heavy atom. The van der Waals surface area contributed by atoms with Crippen LogP contribution in [-0.4, -0.2) is 14.0 Å². The molecule has 0 unspecified atom stereocenters. The van der Waals surface area contributed by atoms with Crippen LogP contribution in [0.2, 0.25) is 0 Å². The fourth-order valence-corrected chi connectivity index (χ4v) is 3.77. The summed E-state index contributed by atoms with van der Waals surface area (Å²) in [6.45, 7) is 3.07. The van der Waals surface area contributed by atoms with Crippen LogP contribution in [0.3, 0.4) is 0 Å². The van der Waals surface area contributed by atoms with E-state index in [1.54, 1.807) is 0 Å². The summed E-state index contributed by atoms with van der Waals surface area (Å²) in [6, 6.07) is 6.64. The predicted octanol–water partition coefficient (Wildman–Crippen LogP) is 3.54. The highest BCUT2D eigenvalue weighted by Gasteiger charge is 2.30. The Hall–Kier alpha value is -1.93. The Morgan fingerprint density at radius 3 is 2.08 bits per heavy atom. The van der Waals surface area contributed by atoms with Gasteiger partial charge in [-0.25, -0.2) is 30.7 Å². The van der Waals surface area contributed by atoms with Gasteiger partial charge in [-0.2, -0.15) is 0 Å². The van der Waals surface area contributed by atoms with Crippen molar-refractivity contribution in [2.45, 2.75) is 30.7 Å². The standard InChI is InChI=1S/C16H15F4NO2S/c1-16(2,9-10-3-5-11(17)6-4-10)21-24(22,23)13-8-7-12(18)14(19)15(13)20/h3-8,21H,9H2,1-2H3. The Bertz CT molecular complexity index is 849. The van der Waals surface area contributed by atoms with Gasteiger partial charge >= 0.3 is 0 Å². The molecule has 0 spiro atoms. The van der Waals surface area contributed by atoms with Gasteiger partial charge in [0.05, 0.1) is 0 Å². The van der Waals surface area contributed by atoms with Gasteiger partial charge in [-0.05, 0) is 50.1 Å². The van der Waals surface area contributed by atoms with Crippen molar-refractivity contribution in [3.8, 4) is 0 Å². The molecular formula is C16H15F4NO2S. The van der Waals surface area contributed by atoms with Crippen molar-refractivity contribution < 1.29 is 26.0 Å². The Kier molecular flexibility index (Phi) is 5.00. The minimum atomic E-state index is -4.42. The third kappa shape index (κ3) is 4.12. The molecule has 0 radical (unpaired) electrons. The zero-order valence-corrected chi connectivity index (χ0v) is 13.7. The molecule has 24 heavy (non-hydrogen) atoms. The molecule has 3 nitrogen and oxygen atoms in total. The fraction of sp³-hybridized carbons (Fsp3) is 0.250. The number of nitrogens with one attached hydrogen (secondary N) is 1. The molecule has 2 aromatic rings. The minimum Gasteiger partial charge on any atom is -0.207 e. The van der Waals surface area contributed by atoms with Crippen molar-refractivity contribution in [2.75, 3.05) is 0 Å². The average Bonchev–Trinajstić information content (AvgIpc) is 2.45. The van der Waals surface area contributed by atoms with E-state index < -0.39 is 43.7 Å². The van der Waals surface area contributed by atoms with E-state index in [1.165, 1.54) is 38.1 Å². The molecule has 8 heteroatoms. The van der Waals surface area contributed by atoms with Gasteiger partial charge in [0, 0.05) is 5.54 Å². The summed E-state index contributed by atoms with van der Waals surface area (Å²) in [4.78, 5) is -0.978. The highest BCUT2D eigenvalue weighted by atomic mass is 32.2. The van der Waals surface area contributed by atoms with E-state index in [-0.39, 0.29) is 6.42 Å². The Balaban J connectivity index is 2.27. The van der Waals surface area contributed by atoms with Crippen molar-refractivity contribution in [3.63, 3.8) is 0 Å². The first-order valence-electron chi connectivity index (χ1n) is 6.94. The first kappa shape index (κ1) is 18.4. The SMILES string of the molecule is CC(C)(Cc1ccc(F)cc1)NS(=O)(=O)c1ccc(F)c(F)c1F. The second-order valence-corrected chi connectivity index (χ2v) is 7.62. The van der Waals surface area contributed by atoms with Gasteiger partial charge in [0.25, 0.3) is 0 Å². The van der Waals surface area contributed by atoms with E-state index in [1.807, 2.05) is 0 Å². The summed E-state index contributed by atoms with van der Waals surface area (Å²) in [7, 11) is -4.42. The van der Waals surface area contributed by atoms with Gasteiger partial charge in [0.15, 0.2) is 17.5 Å². The average molecular weight is 361 g/mol. The van der Waals surface area contributed by atoms with Crippen LogP contribution < -0.4 is 4.72 Å². The highest BCUT2D eigenvalue weighted by molar-refractivity contribution is 7.89. The molecule has 0 saturated carbocycles. The maximum absolute atomic E-state index is 13.7. The van der Waals surface area contributed by atoms with Gasteiger partial charge < -0.3 is 0 Å². The van der Waals surface area contributed by atoms with Gasteiger partial charge in [-0.3, -0.25) is 0 Å². The number of sulfonamides is 1. The number of rotatable bonds is 5. The predicted molar refractivity (Wildman–Crippen MR) is 80.8 cm³/mol. The number of hydrogen-bond donors (Lipinski definition) is 1. The zero-order chi connectivity index (χ0) is 18.1. The van der Waals surface area contributed by atoms with E-state index in [0.29, 0.717) is 17.7 Å². The summed E-state index contributed by atoms with van der Waals surface area (Å²) in [5.74, 6) is -5.53. The van der Waals surface area contributed by atoms with Gasteiger partial charge in [0.1, 0.15) is 10.7 Å². The molecule has 1 N–H and O–H groups in total. The molecule has 0 amide bonds. The van der Waals surface area contributed by atoms with E-state index in [0.717, 1.165) is 0 Å². The van der Waals surface area contributed by atoms with Crippen LogP contribution in [-0.2, 0) is 16.4 Å². The molecule has 0 aliphatic carbocycles. The van der Waals surface area contributed by atoms with E-state index in [4.69, 9.17) is 0 Å². The molecule has 2 aromatic carbocycles. The van der Waals surface area contributed by atoms with E-state index in [2.05, 4.69) is 4.72 Å². The van der Waals surface area contributed by atoms with Crippen molar-refractivity contribution >= 4 is 10.0 Å². The summed E-state index contributed by atoms with van der Waals surface area (Å²) in [6.07, 6.45) is 0.178. The summed E-state index contributed by atoms with van der Waals surface area (Å²) in [5, 5.41) is 0. The van der Waals surface area contributed by atoms with Gasteiger partial charge in [-0.1, -0.05) is 12.1 Å². The number of benzene rings is 2. The van der Waals surface area contributed by atoms with Crippen LogP contribution in [0.25, 0.3) is 0 Å². The monoisotopic (exact) mass is 361 g/mol. The van der Waals surface area contributed by atoms with Gasteiger partial charge in [-0.15, -0.1) is 0 Å². The number of halogens is 4. The summed E-state index contributed by atoms with van der Waals surface area (Å²) >= 11 is 0. The zero-order valence-electron chi connectivity index (χ0n) is 12.9. The fourth-order valence-electron chi connectivity index (χ4n) is 2.28. The highest BCUT2D eigenvalue weighted by Crippen LogP contribution is 2.22. The van der Waals surface area contributed by atoms with Crippen LogP contribution in [0.1, 0.15) is 19.4 Å². The first-order valence-corrected chi connectivity index (χ1v) is 8.42. The maximum Gasteiger partial charge on any atom is 0.244 e. The van der Waals surface area contributed by atoms with Crippen LogP contribution in [0.5, 0.6) is 0 Å². The largest absolute Gasteiger partial charge is 0.244 e. The van der Waals surface area contributed by atoms with Crippen molar-refractivity contribution in [1.29, 1.82) is 0 Å². The second-order valence-electron chi connectivity index (χ2n) is 5.97. The van der Waals surface area contributed by atoms with Crippen molar-refractivity contribution in [1.82, 2.24) is 4.72 Å². The summed E-state index contributed by atoms with van der Waals surface area (Å²) in [5.41, 5.74) is -0.427. The lowest BCUT2D eigenvalue weighted by Gasteiger charge is -2.26. The van der Waals surface area contributed by atoms with Crippen LogP contribution in [0, 0.1) is 23.3 Å². The van der Waals surface area contributed by atoms with E-state index in [9.17, 15) is 26.0 Å². The van der Waals surface area contributed by atoms with Crippen molar-refractivity contribution in [2.24, 2.45) is 0 Å². The topological polar surface area (TPSA) is 46.2 Å². The molecule has 0 bridgehead atoms. The molecule has 0 atom stereocenters. The second kappa shape index (κ2) is 6.52. The Morgan fingerprint density at radius 1 is 0.917 bits per heavy atom. The minimum absolute atomic E-state index is 0.178. The lowest BCUT2D eigenvalue weighted by atomic mass is 9.96. The van der Waals surface area contributed by atoms with Crippen LogP contribution in [0.15, 0.2) is 41.3 Å².